The summed E-state index contributed by atoms with van der Waals surface area (Å²) in [6.45, 7) is 5.45. The van der Waals surface area contributed by atoms with Gasteiger partial charge in [0.1, 0.15) is 0 Å². The van der Waals surface area contributed by atoms with E-state index >= 15 is 0 Å². The molecule has 0 radical (unpaired) electrons. The van der Waals surface area contributed by atoms with Gasteiger partial charge in [-0.05, 0) is 19.3 Å². The summed E-state index contributed by atoms with van der Waals surface area (Å²) in [6, 6.07) is -0.424. The predicted molar refractivity (Wildman–Crippen MR) is 49.5 cm³/mol. The minimum Gasteiger partial charge on any atom is -0.453 e. The van der Waals surface area contributed by atoms with Crippen molar-refractivity contribution in [3.8, 4) is 0 Å². The van der Waals surface area contributed by atoms with E-state index in [1.54, 1.807) is 0 Å². The van der Waals surface area contributed by atoms with Crippen molar-refractivity contribution >= 4 is 11.9 Å². The molecule has 13 heavy (non-hydrogen) atoms. The van der Waals surface area contributed by atoms with Crippen molar-refractivity contribution in [3.05, 3.63) is 0 Å². The Bertz CT molecular complexity index is 189. The minimum absolute atomic E-state index is 0.0425. The van der Waals surface area contributed by atoms with E-state index in [4.69, 9.17) is 0 Å². The zero-order chi connectivity index (χ0) is 10.4. The molecule has 0 bridgehead atoms. The van der Waals surface area contributed by atoms with Crippen LogP contribution < -0.4 is 5.32 Å². The number of amides is 1. The van der Waals surface area contributed by atoms with Crippen LogP contribution in [0.2, 0.25) is 0 Å². The number of alkyl carbamates (subject to hydrolysis) is 1. The van der Waals surface area contributed by atoms with Crippen LogP contribution in [-0.2, 0) is 9.53 Å². The molecule has 0 heterocycles. The fraction of sp³-hybridized carbons (Fsp3) is 0.778. The smallest absolute Gasteiger partial charge is 0.407 e. The molecule has 0 saturated heterocycles. The second kappa shape index (κ2) is 5.56. The van der Waals surface area contributed by atoms with E-state index < -0.39 is 12.1 Å². The molecule has 0 aliphatic heterocycles. The van der Waals surface area contributed by atoms with Crippen molar-refractivity contribution in [1.29, 1.82) is 0 Å². The van der Waals surface area contributed by atoms with Crippen LogP contribution in [0, 0.1) is 5.92 Å². The Morgan fingerprint density at radius 3 is 2.23 bits per heavy atom. The van der Waals surface area contributed by atoms with Gasteiger partial charge in [0.15, 0.2) is 5.78 Å². The van der Waals surface area contributed by atoms with Crippen LogP contribution in [0.5, 0.6) is 0 Å². The first-order chi connectivity index (χ1) is 5.97. The van der Waals surface area contributed by atoms with E-state index in [1.807, 2.05) is 13.8 Å². The van der Waals surface area contributed by atoms with Gasteiger partial charge >= 0.3 is 6.09 Å². The molecule has 4 nitrogen and oxygen atoms in total. The maximum atomic E-state index is 11.1. The first-order valence-corrected chi connectivity index (χ1v) is 4.32. The van der Waals surface area contributed by atoms with Gasteiger partial charge in [-0.2, -0.15) is 0 Å². The standard InChI is InChI=1S/C9H17NO3/c1-6(2)5-8(7(3)11)10-9(12)13-4/h6,8H,5H2,1-4H3,(H,10,12)/t8-/m1/s1. The normalized spacial score (nSPS) is 12.4. The Hall–Kier alpha value is -1.06. The van der Waals surface area contributed by atoms with Crippen LogP contribution in [0.3, 0.4) is 0 Å². The molecular weight excluding hydrogens is 170 g/mol. The van der Waals surface area contributed by atoms with Gasteiger partial charge in [-0.1, -0.05) is 13.8 Å². The van der Waals surface area contributed by atoms with Gasteiger partial charge in [-0.25, -0.2) is 4.79 Å². The summed E-state index contributed by atoms with van der Waals surface area (Å²) in [5.41, 5.74) is 0. The number of Topliss-reactive ketones (excluding diaryl/α,β-unsaturated/α-hetero) is 1. The Balaban J connectivity index is 4.10. The van der Waals surface area contributed by atoms with E-state index in [2.05, 4.69) is 10.1 Å². The molecule has 0 fully saturated rings. The molecule has 76 valence electrons. The van der Waals surface area contributed by atoms with E-state index in [0.717, 1.165) is 0 Å². The van der Waals surface area contributed by atoms with Crippen LogP contribution in [-0.4, -0.2) is 25.0 Å². The van der Waals surface area contributed by atoms with Crippen molar-refractivity contribution in [2.75, 3.05) is 7.11 Å². The Morgan fingerprint density at radius 1 is 1.38 bits per heavy atom. The van der Waals surface area contributed by atoms with Crippen molar-refractivity contribution < 1.29 is 14.3 Å². The average Bonchev–Trinajstić information content (AvgIpc) is 2.02. The number of nitrogens with one attached hydrogen (secondary N) is 1. The largest absolute Gasteiger partial charge is 0.453 e. The third-order valence-corrected chi connectivity index (χ3v) is 1.68. The van der Waals surface area contributed by atoms with Crippen LogP contribution >= 0.6 is 0 Å². The second-order valence-electron chi connectivity index (χ2n) is 3.43. The lowest BCUT2D eigenvalue weighted by atomic mass is 10.0. The molecule has 0 aliphatic rings. The molecule has 0 rings (SSSR count). The van der Waals surface area contributed by atoms with Crippen molar-refractivity contribution in [2.24, 2.45) is 5.92 Å². The minimum atomic E-state index is -0.555. The molecule has 0 aromatic carbocycles. The lowest BCUT2D eigenvalue weighted by Crippen LogP contribution is -2.40. The maximum Gasteiger partial charge on any atom is 0.407 e. The maximum absolute atomic E-state index is 11.1. The first kappa shape index (κ1) is 11.9. The first-order valence-electron chi connectivity index (χ1n) is 4.32. The highest BCUT2D eigenvalue weighted by molar-refractivity contribution is 5.85. The topological polar surface area (TPSA) is 55.4 Å². The zero-order valence-electron chi connectivity index (χ0n) is 8.59. The summed E-state index contributed by atoms with van der Waals surface area (Å²) in [5.74, 6) is 0.324. The fourth-order valence-electron chi connectivity index (χ4n) is 0.999. The van der Waals surface area contributed by atoms with Crippen LogP contribution in [0.4, 0.5) is 4.79 Å². The monoisotopic (exact) mass is 187 g/mol. The molecule has 0 spiro atoms. The van der Waals surface area contributed by atoms with Crippen LogP contribution in [0.1, 0.15) is 27.2 Å². The van der Waals surface area contributed by atoms with E-state index in [9.17, 15) is 9.59 Å². The molecule has 1 amide bonds. The number of methoxy groups -OCH3 is 1. The zero-order valence-corrected chi connectivity index (χ0v) is 8.59. The summed E-state index contributed by atoms with van der Waals surface area (Å²) in [6.07, 6.45) is 0.0885. The molecule has 0 unspecified atom stereocenters. The van der Waals surface area contributed by atoms with Gasteiger partial charge in [0.2, 0.25) is 0 Å². The molecule has 1 atom stereocenters. The molecule has 0 saturated carbocycles. The molecular formula is C9H17NO3. The molecule has 1 N–H and O–H groups in total. The number of hydrogen-bond acceptors (Lipinski definition) is 3. The van der Waals surface area contributed by atoms with Gasteiger partial charge in [-0.15, -0.1) is 0 Å². The highest BCUT2D eigenvalue weighted by Gasteiger charge is 2.18. The summed E-state index contributed by atoms with van der Waals surface area (Å²) in [7, 11) is 1.28. The number of carbonyl (C=O) groups excluding carboxylic acids is 2. The quantitative estimate of drug-likeness (QED) is 0.722. The predicted octanol–water partition coefficient (Wildman–Crippen LogP) is 1.35. The molecule has 0 aromatic heterocycles. The van der Waals surface area contributed by atoms with Crippen molar-refractivity contribution in [1.82, 2.24) is 5.32 Å². The highest BCUT2D eigenvalue weighted by Crippen LogP contribution is 2.05. The van der Waals surface area contributed by atoms with Crippen molar-refractivity contribution in [3.63, 3.8) is 0 Å². The summed E-state index contributed by atoms with van der Waals surface area (Å²) < 4.78 is 4.41. The number of ether oxygens (including phenoxy) is 1. The summed E-state index contributed by atoms with van der Waals surface area (Å²) in [4.78, 5) is 21.9. The molecule has 0 aromatic rings. The van der Waals surface area contributed by atoms with Gasteiger partial charge in [-0.3, -0.25) is 4.79 Å². The van der Waals surface area contributed by atoms with E-state index in [-0.39, 0.29) is 5.78 Å². The SMILES string of the molecule is COC(=O)N[C@H](CC(C)C)C(C)=O. The average molecular weight is 187 g/mol. The van der Waals surface area contributed by atoms with Gasteiger partial charge in [0.05, 0.1) is 13.2 Å². The Kier molecular flexibility index (Phi) is 5.11. The number of ketones is 1. The third kappa shape index (κ3) is 5.22. The number of carbonyl (C=O) groups is 2. The van der Waals surface area contributed by atoms with Gasteiger partial charge in [0, 0.05) is 0 Å². The third-order valence-electron chi connectivity index (χ3n) is 1.68. The van der Waals surface area contributed by atoms with E-state index in [0.29, 0.717) is 12.3 Å². The number of rotatable bonds is 4. The van der Waals surface area contributed by atoms with Crippen LogP contribution in [0.15, 0.2) is 0 Å². The second-order valence-corrected chi connectivity index (χ2v) is 3.43. The highest BCUT2D eigenvalue weighted by atomic mass is 16.5. The Morgan fingerprint density at radius 2 is 1.92 bits per heavy atom. The van der Waals surface area contributed by atoms with Crippen LogP contribution in [0.25, 0.3) is 0 Å². The summed E-state index contributed by atoms with van der Waals surface area (Å²) >= 11 is 0. The van der Waals surface area contributed by atoms with Gasteiger partial charge < -0.3 is 10.1 Å². The lowest BCUT2D eigenvalue weighted by Gasteiger charge is -2.16. The van der Waals surface area contributed by atoms with Gasteiger partial charge in [0.25, 0.3) is 0 Å². The fourth-order valence-corrected chi connectivity index (χ4v) is 0.999. The van der Waals surface area contributed by atoms with E-state index in [1.165, 1.54) is 14.0 Å². The number of hydrogen-bond donors (Lipinski definition) is 1. The Labute approximate surface area is 78.6 Å². The molecule has 4 heteroatoms. The molecule has 0 aliphatic carbocycles. The van der Waals surface area contributed by atoms with Crippen molar-refractivity contribution in [2.45, 2.75) is 33.2 Å². The lowest BCUT2D eigenvalue weighted by molar-refractivity contribution is -0.119. The summed E-state index contributed by atoms with van der Waals surface area (Å²) in [5, 5.41) is 2.49.